The third kappa shape index (κ3) is 12.7. The SMILES string of the molecule is CCN1CCCC1CNC(=O)c1ccc(OC/C=C(\C)CCC=C(C)C)c(OC/C=C(\C)CCC=C(C)C)c1. The summed E-state index contributed by atoms with van der Waals surface area (Å²) < 4.78 is 12.3. The van der Waals surface area contributed by atoms with Gasteiger partial charge in [0.25, 0.3) is 5.91 Å². The van der Waals surface area contributed by atoms with Crippen molar-refractivity contribution in [2.45, 2.75) is 93.0 Å². The average molecular weight is 537 g/mol. The molecule has 0 saturated carbocycles. The summed E-state index contributed by atoms with van der Waals surface area (Å²) in [5, 5.41) is 3.14. The second kappa shape index (κ2) is 17.7. The Kier molecular flexibility index (Phi) is 14.7. The molecule has 1 heterocycles. The van der Waals surface area contributed by atoms with Crippen molar-refractivity contribution < 1.29 is 14.3 Å². The summed E-state index contributed by atoms with van der Waals surface area (Å²) >= 11 is 0. The molecule has 39 heavy (non-hydrogen) atoms. The second-order valence-corrected chi connectivity index (χ2v) is 11.2. The molecule has 0 radical (unpaired) electrons. The molecule has 1 aliphatic heterocycles. The van der Waals surface area contributed by atoms with Gasteiger partial charge in [-0.3, -0.25) is 9.69 Å². The quantitative estimate of drug-likeness (QED) is 0.217. The summed E-state index contributed by atoms with van der Waals surface area (Å²) in [6.07, 6.45) is 15.2. The monoisotopic (exact) mass is 536 g/mol. The number of hydrogen-bond donors (Lipinski definition) is 1. The third-order valence-electron chi connectivity index (χ3n) is 7.13. The lowest BCUT2D eigenvalue weighted by Gasteiger charge is -2.23. The molecule has 1 atom stereocenters. The maximum atomic E-state index is 13.0. The van der Waals surface area contributed by atoms with E-state index in [1.807, 2.05) is 18.2 Å². The van der Waals surface area contributed by atoms with Crippen LogP contribution in [0.15, 0.2) is 64.8 Å². The van der Waals surface area contributed by atoms with Crippen molar-refractivity contribution in [3.8, 4) is 11.5 Å². The second-order valence-electron chi connectivity index (χ2n) is 11.2. The van der Waals surface area contributed by atoms with E-state index >= 15 is 0 Å². The van der Waals surface area contributed by atoms with E-state index in [9.17, 15) is 4.79 Å². The van der Waals surface area contributed by atoms with Crippen molar-refractivity contribution in [3.63, 3.8) is 0 Å². The van der Waals surface area contributed by atoms with Crippen molar-refractivity contribution in [2.24, 2.45) is 0 Å². The molecule has 1 amide bonds. The molecule has 0 aromatic heterocycles. The fourth-order valence-corrected chi connectivity index (χ4v) is 4.67. The first-order valence-corrected chi connectivity index (χ1v) is 14.7. The zero-order valence-corrected chi connectivity index (χ0v) is 25.6. The van der Waals surface area contributed by atoms with E-state index in [0.29, 0.717) is 42.9 Å². The highest BCUT2D eigenvalue weighted by molar-refractivity contribution is 5.94. The number of carbonyl (C=O) groups is 1. The Bertz CT molecular complexity index is 1030. The van der Waals surface area contributed by atoms with Gasteiger partial charge in [0.1, 0.15) is 13.2 Å². The van der Waals surface area contributed by atoms with Crippen molar-refractivity contribution >= 4 is 5.91 Å². The normalized spacial score (nSPS) is 16.1. The predicted molar refractivity (Wildman–Crippen MR) is 165 cm³/mol. The molecule has 1 aliphatic rings. The molecule has 1 aromatic rings. The minimum absolute atomic E-state index is 0.0715. The highest BCUT2D eigenvalue weighted by Gasteiger charge is 2.23. The number of carbonyl (C=O) groups excluding carboxylic acids is 1. The van der Waals surface area contributed by atoms with Gasteiger partial charge in [-0.1, -0.05) is 41.4 Å². The zero-order chi connectivity index (χ0) is 28.6. The van der Waals surface area contributed by atoms with Gasteiger partial charge in [0.15, 0.2) is 11.5 Å². The van der Waals surface area contributed by atoms with Crippen LogP contribution in [0.25, 0.3) is 0 Å². The number of amides is 1. The van der Waals surface area contributed by atoms with Gasteiger partial charge in [-0.05, 0) is 124 Å². The van der Waals surface area contributed by atoms with Gasteiger partial charge in [-0.25, -0.2) is 0 Å². The Morgan fingerprint density at radius 2 is 1.49 bits per heavy atom. The third-order valence-corrected chi connectivity index (χ3v) is 7.13. The molecule has 216 valence electrons. The fraction of sp³-hybridized carbons (Fsp3) is 0.559. The Morgan fingerprint density at radius 1 is 0.897 bits per heavy atom. The van der Waals surface area contributed by atoms with E-state index in [0.717, 1.165) is 45.2 Å². The smallest absolute Gasteiger partial charge is 0.251 e. The van der Waals surface area contributed by atoms with Crippen LogP contribution in [0.5, 0.6) is 11.5 Å². The Hall–Kier alpha value is -2.79. The molecular formula is C34H52N2O3. The van der Waals surface area contributed by atoms with Gasteiger partial charge in [0, 0.05) is 18.2 Å². The number of likely N-dealkylation sites (tertiary alicyclic amines) is 1. The van der Waals surface area contributed by atoms with Gasteiger partial charge in [0.2, 0.25) is 0 Å². The van der Waals surface area contributed by atoms with Gasteiger partial charge in [0.05, 0.1) is 0 Å². The molecule has 0 aliphatic carbocycles. The molecule has 0 bridgehead atoms. The molecule has 5 heteroatoms. The van der Waals surface area contributed by atoms with Crippen LogP contribution >= 0.6 is 0 Å². The summed E-state index contributed by atoms with van der Waals surface area (Å²) in [6, 6.07) is 5.92. The summed E-state index contributed by atoms with van der Waals surface area (Å²) in [7, 11) is 0. The average Bonchev–Trinajstić information content (AvgIpc) is 3.35. The summed E-state index contributed by atoms with van der Waals surface area (Å²) in [5.74, 6) is 1.18. The Balaban J connectivity index is 2.07. The Labute approximate surface area is 238 Å². The lowest BCUT2D eigenvalue weighted by molar-refractivity contribution is 0.0941. The van der Waals surface area contributed by atoms with E-state index in [-0.39, 0.29) is 5.91 Å². The number of nitrogens with one attached hydrogen (secondary N) is 1. The lowest BCUT2D eigenvalue weighted by Crippen LogP contribution is -2.40. The van der Waals surface area contributed by atoms with Crippen LogP contribution in [-0.2, 0) is 0 Å². The first kappa shape index (κ1) is 32.4. The number of rotatable bonds is 16. The number of hydrogen-bond acceptors (Lipinski definition) is 4. The maximum Gasteiger partial charge on any atom is 0.251 e. The van der Waals surface area contributed by atoms with Crippen LogP contribution in [0, 0.1) is 0 Å². The Morgan fingerprint density at radius 3 is 2.05 bits per heavy atom. The minimum atomic E-state index is -0.0715. The van der Waals surface area contributed by atoms with Crippen LogP contribution in [0.3, 0.4) is 0 Å². The molecular weight excluding hydrogens is 484 g/mol. The molecule has 1 fully saturated rings. The van der Waals surface area contributed by atoms with E-state index < -0.39 is 0 Å². The van der Waals surface area contributed by atoms with E-state index in [2.05, 4.69) is 83.0 Å². The van der Waals surface area contributed by atoms with Crippen molar-refractivity contribution in [3.05, 3.63) is 70.4 Å². The minimum Gasteiger partial charge on any atom is -0.486 e. The topological polar surface area (TPSA) is 50.8 Å². The van der Waals surface area contributed by atoms with Crippen molar-refractivity contribution in [1.82, 2.24) is 10.2 Å². The van der Waals surface area contributed by atoms with Crippen LogP contribution in [0.4, 0.5) is 0 Å². The first-order chi connectivity index (χ1) is 18.7. The van der Waals surface area contributed by atoms with E-state index in [4.69, 9.17) is 9.47 Å². The largest absolute Gasteiger partial charge is 0.486 e. The number of nitrogens with zero attached hydrogens (tertiary/aromatic N) is 1. The number of likely N-dealkylation sites (N-methyl/N-ethyl adjacent to an activating group) is 1. The summed E-state index contributed by atoms with van der Waals surface area (Å²) in [5.41, 5.74) is 5.87. The van der Waals surface area contributed by atoms with Gasteiger partial charge < -0.3 is 14.8 Å². The van der Waals surface area contributed by atoms with Crippen molar-refractivity contribution in [1.29, 1.82) is 0 Å². The molecule has 5 nitrogen and oxygen atoms in total. The van der Waals surface area contributed by atoms with Gasteiger partial charge in [-0.15, -0.1) is 0 Å². The van der Waals surface area contributed by atoms with E-state index in [1.165, 1.54) is 28.7 Å². The maximum absolute atomic E-state index is 13.0. The van der Waals surface area contributed by atoms with Crippen LogP contribution < -0.4 is 14.8 Å². The highest BCUT2D eigenvalue weighted by atomic mass is 16.5. The molecule has 1 N–H and O–H groups in total. The van der Waals surface area contributed by atoms with Crippen LogP contribution in [0.2, 0.25) is 0 Å². The predicted octanol–water partition coefficient (Wildman–Crippen LogP) is 8.04. The van der Waals surface area contributed by atoms with Gasteiger partial charge in [-0.2, -0.15) is 0 Å². The molecule has 2 rings (SSSR count). The summed E-state index contributed by atoms with van der Waals surface area (Å²) in [6.45, 7) is 18.7. The molecule has 1 saturated heterocycles. The lowest BCUT2D eigenvalue weighted by atomic mass is 10.1. The van der Waals surface area contributed by atoms with Crippen LogP contribution in [0.1, 0.15) is 97.3 Å². The number of benzene rings is 1. The zero-order valence-electron chi connectivity index (χ0n) is 25.6. The first-order valence-electron chi connectivity index (χ1n) is 14.7. The van der Waals surface area contributed by atoms with E-state index in [1.54, 1.807) is 0 Å². The van der Waals surface area contributed by atoms with Gasteiger partial charge >= 0.3 is 0 Å². The molecule has 1 unspecified atom stereocenters. The number of ether oxygens (including phenoxy) is 2. The van der Waals surface area contributed by atoms with Crippen LogP contribution in [-0.4, -0.2) is 49.7 Å². The fourth-order valence-electron chi connectivity index (χ4n) is 4.67. The highest BCUT2D eigenvalue weighted by Crippen LogP contribution is 2.29. The molecule has 1 aromatic carbocycles. The standard InChI is InChI=1S/C34H52N2O3/c1-8-36-21-11-16-31(36)25-35-34(37)30-17-18-32(38-22-19-28(6)14-9-12-26(2)3)33(24-30)39-23-20-29(7)15-10-13-27(4)5/h12-13,17-20,24,31H,8-11,14-16,21-23,25H2,1-7H3,(H,35,37)/b28-19+,29-20+. The molecule has 0 spiro atoms. The summed E-state index contributed by atoms with van der Waals surface area (Å²) in [4.78, 5) is 15.4. The number of allylic oxidation sites excluding steroid dienone is 6. The van der Waals surface area contributed by atoms with Crippen molar-refractivity contribution in [2.75, 3.05) is 32.8 Å².